The van der Waals surface area contributed by atoms with E-state index in [2.05, 4.69) is 0 Å². The van der Waals surface area contributed by atoms with Crippen LogP contribution < -0.4 is 9.64 Å². The Bertz CT molecular complexity index is 595. The second-order valence-electron chi connectivity index (χ2n) is 5.92. The van der Waals surface area contributed by atoms with E-state index < -0.39 is 16.7 Å². The standard InChI is InChI=1S/C14H17FN2O4/c1-14(8-18)6-9-4-12(17(19)20)11(5-13(9)21-14)16-3-2-10(15)7-16/h4-5,10,18H,2-3,6-8H2,1H3/t10-,14?/m1/s1. The first kappa shape index (κ1) is 14.1. The number of hydrogen-bond acceptors (Lipinski definition) is 5. The Morgan fingerprint density at radius 3 is 2.95 bits per heavy atom. The normalized spacial score (nSPS) is 27.6. The van der Waals surface area contributed by atoms with Gasteiger partial charge in [0, 0.05) is 37.2 Å². The van der Waals surface area contributed by atoms with Gasteiger partial charge in [-0.05, 0) is 13.3 Å². The van der Waals surface area contributed by atoms with Crippen LogP contribution in [0.25, 0.3) is 0 Å². The molecule has 0 amide bonds. The average Bonchev–Trinajstić information content (AvgIpc) is 3.00. The number of halogens is 1. The van der Waals surface area contributed by atoms with E-state index in [-0.39, 0.29) is 18.8 Å². The smallest absolute Gasteiger partial charge is 0.293 e. The van der Waals surface area contributed by atoms with Crippen LogP contribution in [0, 0.1) is 10.1 Å². The SMILES string of the molecule is CC1(CO)Cc2cc([N+](=O)[O-])c(N3CC[C@@H](F)C3)cc2O1. The maximum absolute atomic E-state index is 13.4. The molecule has 1 unspecified atom stereocenters. The maximum atomic E-state index is 13.4. The zero-order chi connectivity index (χ0) is 15.2. The Morgan fingerprint density at radius 2 is 2.38 bits per heavy atom. The molecule has 2 aliphatic rings. The summed E-state index contributed by atoms with van der Waals surface area (Å²) in [6.07, 6.45) is -0.156. The Hall–Kier alpha value is -1.89. The lowest BCUT2D eigenvalue weighted by atomic mass is 9.99. The average molecular weight is 296 g/mol. The molecular formula is C14H17FN2O4. The molecule has 2 heterocycles. The summed E-state index contributed by atoms with van der Waals surface area (Å²) in [7, 11) is 0. The molecule has 0 radical (unpaired) electrons. The molecule has 1 aromatic carbocycles. The van der Waals surface area contributed by atoms with Gasteiger partial charge in [0.25, 0.3) is 5.69 Å². The van der Waals surface area contributed by atoms with Crippen molar-refractivity contribution in [2.75, 3.05) is 24.6 Å². The van der Waals surface area contributed by atoms with Gasteiger partial charge in [0.15, 0.2) is 0 Å². The second kappa shape index (κ2) is 4.84. The third-order valence-electron chi connectivity index (χ3n) is 4.08. The fourth-order valence-corrected chi connectivity index (χ4v) is 2.96. The molecule has 0 spiro atoms. The van der Waals surface area contributed by atoms with Crippen LogP contribution in [-0.4, -0.2) is 41.5 Å². The first-order valence-corrected chi connectivity index (χ1v) is 6.92. The van der Waals surface area contributed by atoms with E-state index in [0.29, 0.717) is 36.4 Å². The fourth-order valence-electron chi connectivity index (χ4n) is 2.96. The molecule has 0 aliphatic carbocycles. The van der Waals surface area contributed by atoms with E-state index >= 15 is 0 Å². The monoisotopic (exact) mass is 296 g/mol. The van der Waals surface area contributed by atoms with E-state index in [1.807, 2.05) is 0 Å². The van der Waals surface area contributed by atoms with Crippen LogP contribution >= 0.6 is 0 Å². The van der Waals surface area contributed by atoms with Crippen molar-refractivity contribution < 1.29 is 19.2 Å². The van der Waals surface area contributed by atoms with Crippen LogP contribution in [0.5, 0.6) is 5.75 Å². The Morgan fingerprint density at radius 1 is 1.62 bits per heavy atom. The zero-order valence-electron chi connectivity index (χ0n) is 11.7. The van der Waals surface area contributed by atoms with Gasteiger partial charge in [-0.25, -0.2) is 4.39 Å². The molecule has 0 bridgehead atoms. The minimum Gasteiger partial charge on any atom is -0.484 e. The number of ether oxygens (including phenoxy) is 1. The third-order valence-corrected chi connectivity index (χ3v) is 4.08. The van der Waals surface area contributed by atoms with Gasteiger partial charge in [-0.1, -0.05) is 0 Å². The van der Waals surface area contributed by atoms with Crippen LogP contribution in [-0.2, 0) is 6.42 Å². The minimum absolute atomic E-state index is 0.0337. The summed E-state index contributed by atoms with van der Waals surface area (Å²) >= 11 is 0. The number of nitro groups is 1. The molecule has 1 fully saturated rings. The molecular weight excluding hydrogens is 279 g/mol. The predicted octanol–water partition coefficient (Wildman–Crippen LogP) is 1.83. The van der Waals surface area contributed by atoms with Gasteiger partial charge in [0.05, 0.1) is 11.5 Å². The number of aliphatic hydroxyl groups is 1. The summed E-state index contributed by atoms with van der Waals surface area (Å²) < 4.78 is 19.1. The summed E-state index contributed by atoms with van der Waals surface area (Å²) in [4.78, 5) is 12.5. The van der Waals surface area contributed by atoms with Crippen LogP contribution in [0.4, 0.5) is 15.8 Å². The summed E-state index contributed by atoms with van der Waals surface area (Å²) in [5, 5.41) is 20.7. The van der Waals surface area contributed by atoms with Gasteiger partial charge in [-0.3, -0.25) is 10.1 Å². The summed E-state index contributed by atoms with van der Waals surface area (Å²) in [6.45, 7) is 2.21. The van der Waals surface area contributed by atoms with Crippen LogP contribution in [0.3, 0.4) is 0 Å². The highest BCUT2D eigenvalue weighted by Gasteiger charge is 2.37. The predicted molar refractivity (Wildman–Crippen MR) is 74.6 cm³/mol. The molecule has 7 heteroatoms. The number of anilines is 1. The highest BCUT2D eigenvalue weighted by atomic mass is 19.1. The second-order valence-corrected chi connectivity index (χ2v) is 5.92. The number of hydrogen-bond donors (Lipinski definition) is 1. The van der Waals surface area contributed by atoms with E-state index in [4.69, 9.17) is 4.74 Å². The van der Waals surface area contributed by atoms with Crippen molar-refractivity contribution in [3.63, 3.8) is 0 Å². The van der Waals surface area contributed by atoms with Crippen molar-refractivity contribution in [2.45, 2.75) is 31.5 Å². The molecule has 1 saturated heterocycles. The first-order valence-electron chi connectivity index (χ1n) is 6.92. The summed E-state index contributed by atoms with van der Waals surface area (Å²) in [5.41, 5.74) is 0.315. The van der Waals surface area contributed by atoms with E-state index in [9.17, 15) is 19.6 Å². The topological polar surface area (TPSA) is 75.8 Å². The highest BCUT2D eigenvalue weighted by molar-refractivity contribution is 5.69. The number of alkyl halides is 1. The fraction of sp³-hybridized carbons (Fsp3) is 0.571. The van der Waals surface area contributed by atoms with E-state index in [1.165, 1.54) is 6.07 Å². The van der Waals surface area contributed by atoms with Gasteiger partial charge in [0.1, 0.15) is 23.2 Å². The van der Waals surface area contributed by atoms with Crippen molar-refractivity contribution in [3.05, 3.63) is 27.8 Å². The van der Waals surface area contributed by atoms with Gasteiger partial charge >= 0.3 is 0 Å². The van der Waals surface area contributed by atoms with E-state index in [1.54, 1.807) is 17.9 Å². The lowest BCUT2D eigenvalue weighted by Gasteiger charge is -2.21. The molecule has 2 atom stereocenters. The van der Waals surface area contributed by atoms with Crippen LogP contribution in [0.15, 0.2) is 12.1 Å². The summed E-state index contributed by atoms with van der Waals surface area (Å²) in [5.74, 6) is 0.537. The zero-order valence-corrected chi connectivity index (χ0v) is 11.7. The van der Waals surface area contributed by atoms with Gasteiger partial charge in [-0.15, -0.1) is 0 Å². The van der Waals surface area contributed by atoms with E-state index in [0.717, 1.165) is 0 Å². The van der Waals surface area contributed by atoms with Gasteiger partial charge in [0.2, 0.25) is 0 Å². The molecule has 2 aliphatic heterocycles. The van der Waals surface area contributed by atoms with Gasteiger partial charge in [-0.2, -0.15) is 0 Å². The van der Waals surface area contributed by atoms with Crippen molar-refractivity contribution in [2.24, 2.45) is 0 Å². The molecule has 1 N–H and O–H groups in total. The Kier molecular flexibility index (Phi) is 3.24. The number of rotatable bonds is 3. The lowest BCUT2D eigenvalue weighted by Crippen LogP contribution is -2.34. The third kappa shape index (κ3) is 2.42. The number of benzene rings is 1. The molecule has 3 rings (SSSR count). The molecule has 21 heavy (non-hydrogen) atoms. The number of nitrogens with zero attached hydrogens (tertiary/aromatic N) is 2. The van der Waals surface area contributed by atoms with Crippen LogP contribution in [0.2, 0.25) is 0 Å². The lowest BCUT2D eigenvalue weighted by molar-refractivity contribution is -0.384. The van der Waals surface area contributed by atoms with Gasteiger partial charge < -0.3 is 14.7 Å². The van der Waals surface area contributed by atoms with Crippen LogP contribution in [0.1, 0.15) is 18.9 Å². The molecule has 114 valence electrons. The van der Waals surface area contributed by atoms with Crippen molar-refractivity contribution in [1.82, 2.24) is 0 Å². The Balaban J connectivity index is 2.01. The number of fused-ring (bicyclic) bond motifs is 1. The maximum Gasteiger partial charge on any atom is 0.293 e. The number of nitro benzene ring substituents is 1. The number of aliphatic hydroxyl groups excluding tert-OH is 1. The Labute approximate surface area is 121 Å². The quantitative estimate of drug-likeness (QED) is 0.680. The summed E-state index contributed by atoms with van der Waals surface area (Å²) in [6, 6.07) is 3.09. The molecule has 1 aromatic rings. The van der Waals surface area contributed by atoms with Crippen molar-refractivity contribution >= 4 is 11.4 Å². The first-order chi connectivity index (χ1) is 9.92. The van der Waals surface area contributed by atoms with Crippen molar-refractivity contribution in [1.29, 1.82) is 0 Å². The molecule has 0 aromatic heterocycles. The van der Waals surface area contributed by atoms with Crippen molar-refractivity contribution in [3.8, 4) is 5.75 Å². The minimum atomic E-state index is -0.957. The highest BCUT2D eigenvalue weighted by Crippen LogP contribution is 2.43. The molecule has 0 saturated carbocycles. The molecule has 6 nitrogen and oxygen atoms in total. The largest absolute Gasteiger partial charge is 0.484 e.